The summed E-state index contributed by atoms with van der Waals surface area (Å²) in [6.45, 7) is 0.515. The van der Waals surface area contributed by atoms with Crippen molar-refractivity contribution in [3.8, 4) is 0 Å². The number of nitrogens with two attached hydrogens (primary N) is 1. The highest BCUT2D eigenvalue weighted by molar-refractivity contribution is 5.86. The fourth-order valence-electron chi connectivity index (χ4n) is 2.43. The van der Waals surface area contributed by atoms with Gasteiger partial charge in [0.2, 0.25) is 5.91 Å². The monoisotopic (exact) mass is 236 g/mol. The van der Waals surface area contributed by atoms with Crippen LogP contribution in [-0.4, -0.2) is 32.9 Å². The third kappa shape index (κ3) is 2.34. The number of imidazole rings is 1. The molecule has 0 atom stereocenters. The van der Waals surface area contributed by atoms with Gasteiger partial charge in [-0.05, 0) is 12.8 Å². The molecule has 17 heavy (non-hydrogen) atoms. The first-order valence-corrected chi connectivity index (χ1v) is 6.03. The molecule has 0 unspecified atom stereocenters. The van der Waals surface area contributed by atoms with Crippen LogP contribution in [0.4, 0.5) is 0 Å². The summed E-state index contributed by atoms with van der Waals surface area (Å²) in [6, 6.07) is 0. The van der Waals surface area contributed by atoms with Gasteiger partial charge in [0.05, 0.1) is 12.1 Å². The molecule has 0 bridgehead atoms. The molecule has 1 heterocycles. The quantitative estimate of drug-likeness (QED) is 0.838. The van der Waals surface area contributed by atoms with Crippen LogP contribution in [0.3, 0.4) is 0 Å². The van der Waals surface area contributed by atoms with Crippen LogP contribution < -0.4 is 5.73 Å². The lowest BCUT2D eigenvalue weighted by Gasteiger charge is -2.28. The highest BCUT2D eigenvalue weighted by Crippen LogP contribution is 2.28. The van der Waals surface area contributed by atoms with E-state index in [4.69, 9.17) is 5.73 Å². The molecule has 5 heteroatoms. The van der Waals surface area contributed by atoms with Crippen LogP contribution in [0.5, 0.6) is 0 Å². The average molecular weight is 236 g/mol. The van der Waals surface area contributed by atoms with Gasteiger partial charge in [0.25, 0.3) is 0 Å². The van der Waals surface area contributed by atoms with E-state index in [1.165, 1.54) is 0 Å². The lowest BCUT2D eigenvalue weighted by atomic mass is 9.97. The van der Waals surface area contributed by atoms with E-state index in [0.717, 1.165) is 31.5 Å². The predicted molar refractivity (Wildman–Crippen MR) is 65.1 cm³/mol. The van der Waals surface area contributed by atoms with Crippen molar-refractivity contribution in [2.45, 2.75) is 37.8 Å². The Labute approximate surface area is 102 Å². The first kappa shape index (κ1) is 12.1. The smallest absolute Gasteiger partial charge is 0.242 e. The molecule has 1 aliphatic rings. The molecule has 94 valence electrons. The molecular formula is C12H20N4O. The summed E-state index contributed by atoms with van der Waals surface area (Å²) in [5.41, 5.74) is 5.51. The number of hydrogen-bond acceptors (Lipinski definition) is 3. The summed E-state index contributed by atoms with van der Waals surface area (Å²) in [5.74, 6) is 0.917. The number of aromatic nitrogens is 2. The van der Waals surface area contributed by atoms with Gasteiger partial charge in [-0.1, -0.05) is 12.8 Å². The molecule has 1 aliphatic carbocycles. The first-order chi connectivity index (χ1) is 8.03. The Morgan fingerprint density at radius 2 is 2.24 bits per heavy atom. The van der Waals surface area contributed by atoms with Crippen molar-refractivity contribution >= 4 is 5.91 Å². The number of hydrogen-bond donors (Lipinski definition) is 1. The maximum atomic E-state index is 12.3. The minimum Gasteiger partial charge on any atom is -0.337 e. The Morgan fingerprint density at radius 1 is 1.59 bits per heavy atom. The van der Waals surface area contributed by atoms with Crippen molar-refractivity contribution < 1.29 is 4.79 Å². The first-order valence-electron chi connectivity index (χ1n) is 6.03. The highest BCUT2D eigenvalue weighted by atomic mass is 16.2. The average Bonchev–Trinajstić information content (AvgIpc) is 2.89. The van der Waals surface area contributed by atoms with Crippen molar-refractivity contribution in [1.29, 1.82) is 0 Å². The van der Waals surface area contributed by atoms with Crippen LogP contribution in [0.25, 0.3) is 0 Å². The van der Waals surface area contributed by atoms with E-state index in [1.807, 2.05) is 17.8 Å². The number of carbonyl (C=O) groups is 1. The van der Waals surface area contributed by atoms with Gasteiger partial charge in [0, 0.05) is 26.5 Å². The van der Waals surface area contributed by atoms with E-state index < -0.39 is 5.54 Å². The molecule has 2 rings (SSSR count). The van der Waals surface area contributed by atoms with Gasteiger partial charge in [0.15, 0.2) is 0 Å². The molecule has 0 aromatic carbocycles. The van der Waals surface area contributed by atoms with E-state index in [-0.39, 0.29) is 5.91 Å². The van der Waals surface area contributed by atoms with Gasteiger partial charge < -0.3 is 15.2 Å². The SMILES string of the molecule is CN(Cc1nccn1C)C(=O)C1(N)CCCC1. The maximum Gasteiger partial charge on any atom is 0.242 e. The van der Waals surface area contributed by atoms with E-state index in [2.05, 4.69) is 4.98 Å². The zero-order valence-electron chi connectivity index (χ0n) is 10.5. The van der Waals surface area contributed by atoms with Crippen LogP contribution in [0.15, 0.2) is 12.4 Å². The topological polar surface area (TPSA) is 64.2 Å². The fraction of sp³-hybridized carbons (Fsp3) is 0.667. The molecule has 0 spiro atoms. The number of nitrogens with zero attached hydrogens (tertiary/aromatic N) is 3. The maximum absolute atomic E-state index is 12.3. The molecule has 2 N–H and O–H groups in total. The molecule has 0 saturated heterocycles. The second-order valence-corrected chi connectivity index (χ2v) is 4.98. The Hall–Kier alpha value is -1.36. The highest BCUT2D eigenvalue weighted by Gasteiger charge is 2.38. The van der Waals surface area contributed by atoms with E-state index in [1.54, 1.807) is 18.1 Å². The van der Waals surface area contributed by atoms with Crippen LogP contribution in [0, 0.1) is 0 Å². The number of aryl methyl sites for hydroxylation is 1. The largest absolute Gasteiger partial charge is 0.337 e. The fourth-order valence-corrected chi connectivity index (χ4v) is 2.43. The number of amides is 1. The second kappa shape index (κ2) is 4.49. The zero-order valence-corrected chi connectivity index (χ0v) is 10.5. The summed E-state index contributed by atoms with van der Waals surface area (Å²) in [6.07, 6.45) is 7.33. The summed E-state index contributed by atoms with van der Waals surface area (Å²) < 4.78 is 1.92. The van der Waals surface area contributed by atoms with E-state index in [0.29, 0.717) is 6.54 Å². The van der Waals surface area contributed by atoms with E-state index in [9.17, 15) is 4.79 Å². The van der Waals surface area contributed by atoms with Crippen LogP contribution >= 0.6 is 0 Å². The molecule has 0 radical (unpaired) electrons. The standard InChI is InChI=1S/C12H20N4O/c1-15-8-7-14-10(15)9-16(2)11(17)12(13)5-3-4-6-12/h7-8H,3-6,9,13H2,1-2H3. The predicted octanol–water partition coefficient (Wildman–Crippen LogP) is 0.650. The Kier molecular flexibility index (Phi) is 3.19. The summed E-state index contributed by atoms with van der Waals surface area (Å²) in [7, 11) is 3.72. The molecule has 1 aromatic rings. The Morgan fingerprint density at radius 3 is 2.76 bits per heavy atom. The molecule has 0 aliphatic heterocycles. The van der Waals surface area contributed by atoms with Crippen molar-refractivity contribution in [2.24, 2.45) is 12.8 Å². The lowest BCUT2D eigenvalue weighted by Crippen LogP contribution is -2.52. The summed E-state index contributed by atoms with van der Waals surface area (Å²) >= 11 is 0. The van der Waals surface area contributed by atoms with Gasteiger partial charge >= 0.3 is 0 Å². The van der Waals surface area contributed by atoms with Gasteiger partial charge in [-0.2, -0.15) is 0 Å². The summed E-state index contributed by atoms with van der Waals surface area (Å²) in [5, 5.41) is 0. The minimum absolute atomic E-state index is 0.0398. The lowest BCUT2D eigenvalue weighted by molar-refractivity contribution is -0.136. The summed E-state index contributed by atoms with van der Waals surface area (Å²) in [4.78, 5) is 18.2. The second-order valence-electron chi connectivity index (χ2n) is 4.98. The third-order valence-corrected chi connectivity index (χ3v) is 3.57. The number of rotatable bonds is 3. The molecule has 1 amide bonds. The molecular weight excluding hydrogens is 216 g/mol. The van der Waals surface area contributed by atoms with Crippen LogP contribution in [0.2, 0.25) is 0 Å². The van der Waals surface area contributed by atoms with Gasteiger partial charge in [-0.3, -0.25) is 4.79 Å². The Balaban J connectivity index is 2.03. The number of carbonyl (C=O) groups excluding carboxylic acids is 1. The Bertz CT molecular complexity index is 406. The van der Waals surface area contributed by atoms with Gasteiger partial charge in [-0.15, -0.1) is 0 Å². The molecule has 5 nitrogen and oxygen atoms in total. The van der Waals surface area contributed by atoms with Crippen LogP contribution in [-0.2, 0) is 18.4 Å². The van der Waals surface area contributed by atoms with Crippen LogP contribution in [0.1, 0.15) is 31.5 Å². The zero-order chi connectivity index (χ0) is 12.5. The minimum atomic E-state index is -0.639. The van der Waals surface area contributed by atoms with E-state index >= 15 is 0 Å². The molecule has 1 fully saturated rings. The van der Waals surface area contributed by atoms with Gasteiger partial charge in [-0.25, -0.2) is 4.98 Å². The van der Waals surface area contributed by atoms with Crippen molar-refractivity contribution in [1.82, 2.24) is 14.5 Å². The normalized spacial score (nSPS) is 18.3. The molecule has 1 saturated carbocycles. The number of likely N-dealkylation sites (N-methyl/N-ethyl adjacent to an activating group) is 1. The molecule has 1 aromatic heterocycles. The van der Waals surface area contributed by atoms with Gasteiger partial charge in [0.1, 0.15) is 5.82 Å². The third-order valence-electron chi connectivity index (χ3n) is 3.57. The van der Waals surface area contributed by atoms with Crippen molar-refractivity contribution in [3.63, 3.8) is 0 Å². The van der Waals surface area contributed by atoms with Crippen molar-refractivity contribution in [2.75, 3.05) is 7.05 Å². The van der Waals surface area contributed by atoms with Crippen molar-refractivity contribution in [3.05, 3.63) is 18.2 Å².